The first-order valence-corrected chi connectivity index (χ1v) is 13.6. The Hall–Kier alpha value is -2.69. The van der Waals surface area contributed by atoms with Gasteiger partial charge in [-0.3, -0.25) is 0 Å². The number of hydrogen-bond acceptors (Lipinski definition) is 0. The van der Waals surface area contributed by atoms with Crippen LogP contribution in [0, 0.1) is 13.8 Å². The highest BCUT2D eigenvalue weighted by Gasteiger charge is 2.40. The predicted molar refractivity (Wildman–Crippen MR) is 137 cm³/mol. The minimum atomic E-state index is -1.08. The lowest BCUT2D eigenvalue weighted by molar-refractivity contribution is 0.919. The molecule has 0 N–H and O–H groups in total. The molecular weight excluding hydrogens is 404 g/mol. The molecule has 4 aromatic rings. The second kappa shape index (κ2) is 9.63. The molecule has 2 heteroatoms. The van der Waals surface area contributed by atoms with Crippen LogP contribution in [0.1, 0.15) is 29.2 Å². The van der Waals surface area contributed by atoms with Crippen LogP contribution in [0.4, 0.5) is 0 Å². The fraction of sp³-hybridized carbons (Fsp3) is 0.172. The van der Waals surface area contributed by atoms with Crippen LogP contribution in [0.25, 0.3) is 0 Å². The maximum absolute atomic E-state index is 2.52. The van der Waals surface area contributed by atoms with Gasteiger partial charge in [-0.25, -0.2) is 0 Å². The Morgan fingerprint density at radius 1 is 0.645 bits per heavy atom. The maximum atomic E-state index is 2.52. The highest BCUT2D eigenvalue weighted by Crippen LogP contribution is 2.29. The monoisotopic (exact) mass is 433 g/mol. The Morgan fingerprint density at radius 3 is 1.68 bits per heavy atom. The van der Waals surface area contributed by atoms with Gasteiger partial charge in [0.2, 0.25) is 0 Å². The number of rotatable bonds is 7. The zero-order valence-corrected chi connectivity index (χ0v) is 20.6. The van der Waals surface area contributed by atoms with Crippen molar-refractivity contribution in [2.45, 2.75) is 31.5 Å². The van der Waals surface area contributed by atoms with Crippen LogP contribution in [0.5, 0.6) is 0 Å². The second-order valence-corrected chi connectivity index (χ2v) is 13.5. The van der Waals surface area contributed by atoms with Crippen LogP contribution in [-0.2, 0) is 10.7 Å². The van der Waals surface area contributed by atoms with Crippen molar-refractivity contribution in [3.63, 3.8) is 0 Å². The molecule has 1 unspecified atom stereocenters. The molecule has 0 aliphatic heterocycles. The van der Waals surface area contributed by atoms with E-state index in [0.29, 0.717) is 0 Å². The highest BCUT2D eigenvalue weighted by atomic mass is 28.3. The molecule has 31 heavy (non-hydrogen) atoms. The third kappa shape index (κ3) is 4.81. The van der Waals surface area contributed by atoms with Gasteiger partial charge in [0.05, 0.1) is 9.52 Å². The molecule has 1 atom stereocenters. The normalized spacial score (nSPS) is 13.2. The molecule has 0 nitrogen and oxygen atoms in total. The van der Waals surface area contributed by atoms with Gasteiger partial charge in [0.15, 0.2) is 0 Å². The molecule has 0 amide bonds. The molecule has 0 aliphatic carbocycles. The highest BCUT2D eigenvalue weighted by molar-refractivity contribution is 6.93. The number of hydrogen-bond donors (Lipinski definition) is 0. The predicted octanol–water partition coefficient (Wildman–Crippen LogP) is 5.27. The SMILES string of the molecule is Cc1ccc(C(C)([Si]Cc2ccccc2)[Si](c2ccccc2)c2ccccc2)cc1C. The van der Waals surface area contributed by atoms with E-state index in [1.165, 1.54) is 32.6 Å². The summed E-state index contributed by atoms with van der Waals surface area (Å²) in [5.74, 6) is 0. The fourth-order valence-electron chi connectivity index (χ4n) is 4.22. The average Bonchev–Trinajstić information content (AvgIpc) is 2.82. The first kappa shape index (κ1) is 21.5. The molecule has 0 fully saturated rings. The van der Waals surface area contributed by atoms with Crippen molar-refractivity contribution >= 4 is 28.7 Å². The molecule has 0 saturated heterocycles. The summed E-state index contributed by atoms with van der Waals surface area (Å²) < 4.78 is 0.0850. The van der Waals surface area contributed by atoms with Gasteiger partial charge in [-0.2, -0.15) is 0 Å². The van der Waals surface area contributed by atoms with Crippen molar-refractivity contribution in [3.05, 3.63) is 131 Å². The smallest absolute Gasteiger partial charge is 0.0628 e. The zero-order chi connectivity index (χ0) is 21.7. The maximum Gasteiger partial charge on any atom is 0.128 e. The lowest BCUT2D eigenvalue weighted by atomic mass is 10.0. The largest absolute Gasteiger partial charge is 0.128 e. The summed E-state index contributed by atoms with van der Waals surface area (Å²) in [4.78, 5) is 0. The van der Waals surface area contributed by atoms with Crippen LogP contribution in [0.15, 0.2) is 109 Å². The summed E-state index contributed by atoms with van der Waals surface area (Å²) in [5, 5.41) is 2.97. The van der Waals surface area contributed by atoms with Gasteiger partial charge in [0.1, 0.15) is 8.80 Å². The second-order valence-electron chi connectivity index (χ2n) is 8.37. The lowest BCUT2D eigenvalue weighted by Gasteiger charge is -2.38. The van der Waals surface area contributed by atoms with Crippen LogP contribution in [0.2, 0.25) is 0 Å². The van der Waals surface area contributed by atoms with Crippen LogP contribution >= 0.6 is 0 Å². The van der Waals surface area contributed by atoms with Gasteiger partial charge in [-0.1, -0.05) is 132 Å². The Kier molecular flexibility index (Phi) is 6.69. The Labute approximate surface area is 191 Å². The summed E-state index contributed by atoms with van der Waals surface area (Å²) in [6, 6.07) is 41.6. The molecule has 4 rings (SSSR count). The Balaban J connectivity index is 1.86. The van der Waals surface area contributed by atoms with E-state index in [1.54, 1.807) is 0 Å². The molecule has 0 heterocycles. The van der Waals surface area contributed by atoms with E-state index in [9.17, 15) is 0 Å². The van der Waals surface area contributed by atoms with Gasteiger partial charge in [0.25, 0.3) is 0 Å². The molecule has 4 aromatic carbocycles. The van der Waals surface area contributed by atoms with Crippen molar-refractivity contribution in [2.24, 2.45) is 0 Å². The minimum absolute atomic E-state index is 0.0850. The van der Waals surface area contributed by atoms with Crippen molar-refractivity contribution in [2.75, 3.05) is 0 Å². The molecule has 0 spiro atoms. The van der Waals surface area contributed by atoms with Gasteiger partial charge in [-0.15, -0.1) is 0 Å². The molecule has 153 valence electrons. The van der Waals surface area contributed by atoms with E-state index in [2.05, 4.69) is 130 Å². The average molecular weight is 434 g/mol. The van der Waals surface area contributed by atoms with E-state index in [4.69, 9.17) is 0 Å². The first-order chi connectivity index (χ1) is 15.1. The van der Waals surface area contributed by atoms with E-state index in [1.807, 2.05) is 0 Å². The summed E-state index contributed by atoms with van der Waals surface area (Å²) in [6.07, 6.45) is 0. The third-order valence-corrected chi connectivity index (χ3v) is 12.2. The summed E-state index contributed by atoms with van der Waals surface area (Å²) >= 11 is 0. The number of benzene rings is 4. The molecule has 0 saturated carbocycles. The lowest BCUT2D eigenvalue weighted by Crippen LogP contribution is -2.60. The van der Waals surface area contributed by atoms with Crippen LogP contribution in [0.3, 0.4) is 0 Å². The van der Waals surface area contributed by atoms with Crippen LogP contribution < -0.4 is 10.4 Å². The quantitative estimate of drug-likeness (QED) is 0.348. The standard InChI is InChI=1S/C29H29Si2/c1-23-19-20-26(21-24(23)2)29(3,30-22-25-13-7-4-8-14-25)31(27-15-9-5-10-16-27)28-17-11-6-12-18-28/h4-21H,22H2,1-3H3. The summed E-state index contributed by atoms with van der Waals surface area (Å²) in [7, 11) is -0.274. The minimum Gasteiger partial charge on any atom is -0.0628 e. The van der Waals surface area contributed by atoms with Crippen molar-refractivity contribution in [1.29, 1.82) is 0 Å². The van der Waals surface area contributed by atoms with E-state index >= 15 is 0 Å². The Bertz CT molecular complexity index is 1070. The summed E-state index contributed by atoms with van der Waals surface area (Å²) in [6.45, 7) is 6.98. The van der Waals surface area contributed by atoms with E-state index < -0.39 is 8.80 Å². The molecule has 3 radical (unpaired) electrons. The third-order valence-electron chi connectivity index (χ3n) is 6.20. The van der Waals surface area contributed by atoms with Gasteiger partial charge < -0.3 is 0 Å². The van der Waals surface area contributed by atoms with Gasteiger partial charge in [-0.05, 0) is 41.2 Å². The van der Waals surface area contributed by atoms with Crippen LogP contribution in [-0.4, -0.2) is 18.3 Å². The van der Waals surface area contributed by atoms with Crippen molar-refractivity contribution in [1.82, 2.24) is 0 Å². The topological polar surface area (TPSA) is 0 Å². The first-order valence-electron chi connectivity index (χ1n) is 10.9. The molecule has 0 aromatic heterocycles. The van der Waals surface area contributed by atoms with Crippen molar-refractivity contribution in [3.8, 4) is 0 Å². The molecule has 0 bridgehead atoms. The van der Waals surface area contributed by atoms with Crippen molar-refractivity contribution < 1.29 is 0 Å². The van der Waals surface area contributed by atoms with Gasteiger partial charge >= 0.3 is 0 Å². The Morgan fingerprint density at radius 2 is 1.16 bits per heavy atom. The number of aryl methyl sites for hydroxylation is 2. The molecular formula is C29H29Si2. The fourth-order valence-corrected chi connectivity index (χ4v) is 10.2. The molecule has 0 aliphatic rings. The summed E-state index contributed by atoms with van der Waals surface area (Å²) in [5.41, 5.74) is 5.66. The van der Waals surface area contributed by atoms with E-state index in [0.717, 1.165) is 15.6 Å². The van der Waals surface area contributed by atoms with E-state index in [-0.39, 0.29) is 4.66 Å². The van der Waals surface area contributed by atoms with Gasteiger partial charge in [0, 0.05) is 0 Å². The zero-order valence-electron chi connectivity index (χ0n) is 18.6.